The van der Waals surface area contributed by atoms with E-state index in [1.807, 2.05) is 32.0 Å². The molecule has 3 aliphatic rings. The summed E-state index contributed by atoms with van der Waals surface area (Å²) < 4.78 is 5.59. The van der Waals surface area contributed by atoms with Crippen molar-refractivity contribution in [2.45, 2.75) is 83.3 Å². The Balaban J connectivity index is 1.23. The minimum absolute atomic E-state index is 0.00737. The smallest absolute Gasteiger partial charge is 0.407 e. The minimum Gasteiger partial charge on any atom is -0.446 e. The molecule has 33 heavy (non-hydrogen) atoms. The van der Waals surface area contributed by atoms with Gasteiger partial charge in [-0.1, -0.05) is 19.1 Å². The number of amides is 3. The molecule has 0 radical (unpaired) electrons. The number of hydrogen-bond acceptors (Lipinski definition) is 6. The molecule has 2 fully saturated rings. The van der Waals surface area contributed by atoms with Gasteiger partial charge in [-0.25, -0.2) is 10.2 Å². The van der Waals surface area contributed by atoms with E-state index in [2.05, 4.69) is 21.5 Å². The Bertz CT molecular complexity index is 907. The lowest BCUT2D eigenvalue weighted by atomic mass is 9.96. The van der Waals surface area contributed by atoms with E-state index in [9.17, 15) is 14.4 Å². The fourth-order valence-corrected chi connectivity index (χ4v) is 5.04. The third-order valence-electron chi connectivity index (χ3n) is 7.11. The molecule has 4 N–H and O–H groups in total. The molecule has 2 aliphatic heterocycles. The van der Waals surface area contributed by atoms with Crippen LogP contribution in [-0.2, 0) is 22.5 Å². The molecule has 9 heteroatoms. The van der Waals surface area contributed by atoms with Crippen LogP contribution >= 0.6 is 0 Å². The van der Waals surface area contributed by atoms with Crippen LogP contribution in [0.1, 0.15) is 67.4 Å². The molecule has 0 spiro atoms. The maximum absolute atomic E-state index is 12.7. The van der Waals surface area contributed by atoms with Gasteiger partial charge in [0.2, 0.25) is 5.91 Å². The van der Waals surface area contributed by atoms with E-state index in [-0.39, 0.29) is 48.7 Å². The predicted octanol–water partition coefficient (Wildman–Crippen LogP) is 1.82. The second kappa shape index (κ2) is 10.1. The first-order chi connectivity index (χ1) is 15.8. The Labute approximate surface area is 195 Å². The van der Waals surface area contributed by atoms with E-state index in [1.54, 1.807) is 11.9 Å². The lowest BCUT2D eigenvalue weighted by Crippen LogP contribution is -2.45. The average Bonchev–Trinajstić information content (AvgIpc) is 3.49. The standard InChI is InChI=1S/C24H35N5O4/c1-4-14(2)25-24(32)33-17-9-8-16(10-17)20-12-21(28-27-20)26-22(30)11-15-6-5-7-18-19(15)13-29(3)23(18)31/h5-7,14,16-17,20-21,27-28H,4,8-13H2,1-3H3,(H,25,32)(H,26,30)/t14-,16-,17+,20?,21?/m0/s1. The second-order valence-electron chi connectivity index (χ2n) is 9.59. The van der Waals surface area contributed by atoms with Crippen molar-refractivity contribution in [1.82, 2.24) is 26.4 Å². The number of hydrogen-bond donors (Lipinski definition) is 4. The number of benzene rings is 1. The van der Waals surface area contributed by atoms with Crippen molar-refractivity contribution in [3.05, 3.63) is 34.9 Å². The van der Waals surface area contributed by atoms with Gasteiger partial charge in [0.1, 0.15) is 6.10 Å². The van der Waals surface area contributed by atoms with Gasteiger partial charge < -0.3 is 20.3 Å². The normalized spacial score (nSPS) is 27.4. The predicted molar refractivity (Wildman–Crippen MR) is 123 cm³/mol. The first-order valence-corrected chi connectivity index (χ1v) is 12.0. The number of alkyl carbamates (subject to hydrolysis) is 1. The minimum atomic E-state index is -0.335. The molecular weight excluding hydrogens is 422 g/mol. The largest absolute Gasteiger partial charge is 0.446 e. The van der Waals surface area contributed by atoms with Crippen molar-refractivity contribution in [3.63, 3.8) is 0 Å². The highest BCUT2D eigenvalue weighted by Crippen LogP contribution is 2.33. The number of nitrogens with zero attached hydrogens (tertiary/aromatic N) is 1. The summed E-state index contributed by atoms with van der Waals surface area (Å²) in [6.07, 6.45) is 4.01. The zero-order chi connectivity index (χ0) is 23.5. The molecule has 1 saturated heterocycles. The topological polar surface area (TPSA) is 112 Å². The molecule has 5 atom stereocenters. The Morgan fingerprint density at radius 3 is 2.85 bits per heavy atom. The van der Waals surface area contributed by atoms with Crippen LogP contribution in [0, 0.1) is 5.92 Å². The van der Waals surface area contributed by atoms with E-state index in [4.69, 9.17) is 4.74 Å². The number of ether oxygens (including phenoxy) is 1. The molecule has 1 aromatic rings. The summed E-state index contributed by atoms with van der Waals surface area (Å²) in [5.74, 6) is 0.326. The summed E-state index contributed by atoms with van der Waals surface area (Å²) in [6, 6.07) is 5.91. The Hall–Kier alpha value is -2.65. The number of rotatable bonds is 7. The first-order valence-electron chi connectivity index (χ1n) is 12.0. The highest BCUT2D eigenvalue weighted by Gasteiger charge is 2.37. The summed E-state index contributed by atoms with van der Waals surface area (Å²) in [6.45, 7) is 4.53. The van der Waals surface area contributed by atoms with Gasteiger partial charge in [0, 0.05) is 31.2 Å². The van der Waals surface area contributed by atoms with Gasteiger partial charge in [0.15, 0.2) is 0 Å². The molecule has 2 unspecified atom stereocenters. The van der Waals surface area contributed by atoms with E-state index >= 15 is 0 Å². The fourth-order valence-electron chi connectivity index (χ4n) is 5.04. The number of hydrazine groups is 1. The maximum atomic E-state index is 12.7. The van der Waals surface area contributed by atoms with Crippen LogP contribution in [0.4, 0.5) is 4.79 Å². The quantitative estimate of drug-likeness (QED) is 0.497. The SMILES string of the molecule is CC[C@H](C)NC(=O)O[C@@H]1CC[C@H](C2CC(NC(=O)Cc3cccc4c3CN(C)C4=O)NN2)C1. The first kappa shape index (κ1) is 23.5. The van der Waals surface area contributed by atoms with Crippen molar-refractivity contribution in [2.24, 2.45) is 5.92 Å². The van der Waals surface area contributed by atoms with Crippen molar-refractivity contribution in [3.8, 4) is 0 Å². The Morgan fingerprint density at radius 2 is 2.06 bits per heavy atom. The zero-order valence-electron chi connectivity index (χ0n) is 19.6. The maximum Gasteiger partial charge on any atom is 0.407 e. The molecule has 1 aliphatic carbocycles. The molecule has 180 valence electrons. The highest BCUT2D eigenvalue weighted by molar-refractivity contribution is 5.99. The third-order valence-corrected chi connectivity index (χ3v) is 7.11. The van der Waals surface area contributed by atoms with Crippen LogP contribution < -0.4 is 21.5 Å². The van der Waals surface area contributed by atoms with Crippen molar-refractivity contribution in [1.29, 1.82) is 0 Å². The number of carbonyl (C=O) groups is 3. The molecule has 1 saturated carbocycles. The summed E-state index contributed by atoms with van der Waals surface area (Å²) in [5, 5.41) is 5.91. The van der Waals surface area contributed by atoms with Gasteiger partial charge in [0.05, 0.1) is 12.6 Å². The zero-order valence-corrected chi connectivity index (χ0v) is 19.6. The highest BCUT2D eigenvalue weighted by atomic mass is 16.6. The van der Waals surface area contributed by atoms with Crippen LogP contribution in [0.15, 0.2) is 18.2 Å². The fraction of sp³-hybridized carbons (Fsp3) is 0.625. The van der Waals surface area contributed by atoms with Crippen LogP contribution in [0.25, 0.3) is 0 Å². The average molecular weight is 458 g/mol. The van der Waals surface area contributed by atoms with Crippen LogP contribution in [0.2, 0.25) is 0 Å². The number of nitrogens with one attached hydrogen (secondary N) is 4. The molecule has 0 aromatic heterocycles. The monoisotopic (exact) mass is 457 g/mol. The summed E-state index contributed by atoms with van der Waals surface area (Å²) in [5.41, 5.74) is 9.05. The summed E-state index contributed by atoms with van der Waals surface area (Å²) in [4.78, 5) is 38.6. The van der Waals surface area contributed by atoms with Gasteiger partial charge in [-0.3, -0.25) is 15.0 Å². The van der Waals surface area contributed by atoms with E-state index in [1.165, 1.54) is 0 Å². The van der Waals surface area contributed by atoms with Crippen LogP contribution in [-0.4, -0.2) is 54.2 Å². The lowest BCUT2D eigenvalue weighted by molar-refractivity contribution is -0.121. The molecule has 3 amide bonds. The Morgan fingerprint density at radius 1 is 1.24 bits per heavy atom. The van der Waals surface area contributed by atoms with E-state index < -0.39 is 0 Å². The van der Waals surface area contributed by atoms with E-state index in [0.29, 0.717) is 18.0 Å². The Kier molecular flexibility index (Phi) is 7.19. The summed E-state index contributed by atoms with van der Waals surface area (Å²) in [7, 11) is 1.78. The molecule has 0 bridgehead atoms. The molecule has 9 nitrogen and oxygen atoms in total. The molecule has 4 rings (SSSR count). The van der Waals surface area contributed by atoms with Crippen molar-refractivity contribution in [2.75, 3.05) is 7.05 Å². The second-order valence-corrected chi connectivity index (χ2v) is 9.59. The van der Waals surface area contributed by atoms with Crippen LogP contribution in [0.5, 0.6) is 0 Å². The third kappa shape index (κ3) is 5.47. The lowest BCUT2D eigenvalue weighted by Gasteiger charge is -2.19. The van der Waals surface area contributed by atoms with Crippen LogP contribution in [0.3, 0.4) is 0 Å². The van der Waals surface area contributed by atoms with Gasteiger partial charge >= 0.3 is 6.09 Å². The molecule has 1 aromatic carbocycles. The van der Waals surface area contributed by atoms with Gasteiger partial charge in [-0.15, -0.1) is 0 Å². The van der Waals surface area contributed by atoms with Crippen molar-refractivity contribution >= 4 is 17.9 Å². The summed E-state index contributed by atoms with van der Waals surface area (Å²) >= 11 is 0. The van der Waals surface area contributed by atoms with Gasteiger partial charge in [-0.05, 0) is 62.1 Å². The van der Waals surface area contributed by atoms with E-state index in [0.717, 1.165) is 43.2 Å². The number of carbonyl (C=O) groups excluding carboxylic acids is 3. The number of fused-ring (bicyclic) bond motifs is 1. The molecular formula is C24H35N5O4. The van der Waals surface area contributed by atoms with Gasteiger partial charge in [0.25, 0.3) is 5.91 Å². The van der Waals surface area contributed by atoms with Crippen molar-refractivity contribution < 1.29 is 19.1 Å². The van der Waals surface area contributed by atoms with Gasteiger partial charge in [-0.2, -0.15) is 0 Å². The molecule has 2 heterocycles.